The Hall–Kier alpha value is -2.86. The molecule has 0 atom stereocenters. The first-order valence-electron chi connectivity index (χ1n) is 10.3. The minimum atomic E-state index is 0.0845. The summed E-state index contributed by atoms with van der Waals surface area (Å²) in [6.07, 6.45) is 0. The largest absolute Gasteiger partial charge is 0.497 e. The van der Waals surface area contributed by atoms with Gasteiger partial charge >= 0.3 is 0 Å². The van der Waals surface area contributed by atoms with Crippen LogP contribution in [0.2, 0.25) is 0 Å². The average molecular weight is 465 g/mol. The quantitative estimate of drug-likeness (QED) is 0.509. The molecule has 0 spiro atoms. The van der Waals surface area contributed by atoms with Gasteiger partial charge < -0.3 is 14.5 Å². The number of aromatic nitrogens is 1. The predicted molar refractivity (Wildman–Crippen MR) is 129 cm³/mol. The number of carbonyl (C=O) groups excluding carboxylic acids is 1. The number of benzene rings is 1. The van der Waals surface area contributed by atoms with E-state index in [1.807, 2.05) is 52.7 Å². The summed E-state index contributed by atoms with van der Waals surface area (Å²) in [5.41, 5.74) is 3.02. The molecule has 0 radical (unpaired) electrons. The zero-order valence-corrected chi connectivity index (χ0v) is 19.7. The van der Waals surface area contributed by atoms with Crippen molar-refractivity contribution in [3.05, 3.63) is 53.4 Å². The topological polar surface area (TPSA) is 69.5 Å². The van der Waals surface area contributed by atoms with Gasteiger partial charge in [0.25, 0.3) is 0 Å². The Bertz CT molecular complexity index is 1120. The third-order valence-corrected chi connectivity index (χ3v) is 7.31. The number of ether oxygens (including phenoxy) is 1. The highest BCUT2D eigenvalue weighted by atomic mass is 32.2. The summed E-state index contributed by atoms with van der Waals surface area (Å²) >= 11 is 2.94. The van der Waals surface area contributed by atoms with Crippen LogP contribution in [0.1, 0.15) is 5.56 Å². The molecule has 8 heteroatoms. The molecule has 3 aromatic rings. The highest BCUT2D eigenvalue weighted by Gasteiger charge is 2.21. The maximum Gasteiger partial charge on any atom is 0.233 e. The zero-order valence-electron chi connectivity index (χ0n) is 18.1. The Morgan fingerprint density at radius 2 is 1.97 bits per heavy atom. The summed E-state index contributed by atoms with van der Waals surface area (Å²) in [4.78, 5) is 22.7. The van der Waals surface area contributed by atoms with Crippen molar-refractivity contribution < 1.29 is 9.53 Å². The fourth-order valence-electron chi connectivity index (χ4n) is 3.56. The lowest BCUT2D eigenvalue weighted by Gasteiger charge is -2.32. The molecule has 0 aliphatic carbocycles. The van der Waals surface area contributed by atoms with E-state index in [1.54, 1.807) is 18.4 Å². The van der Waals surface area contributed by atoms with E-state index < -0.39 is 0 Å². The summed E-state index contributed by atoms with van der Waals surface area (Å²) < 4.78 is 5.27. The van der Waals surface area contributed by atoms with E-state index >= 15 is 0 Å². The second-order valence-corrected chi connectivity index (χ2v) is 9.44. The number of hydrogen-bond donors (Lipinski definition) is 0. The molecule has 0 N–H and O–H groups in total. The molecule has 1 aliphatic rings. The van der Waals surface area contributed by atoms with Gasteiger partial charge in [-0.15, -0.1) is 11.3 Å². The highest BCUT2D eigenvalue weighted by molar-refractivity contribution is 8.00. The number of likely N-dealkylation sites (N-methyl/N-ethyl adjacent to an activating group) is 1. The van der Waals surface area contributed by atoms with Gasteiger partial charge in [0.2, 0.25) is 5.91 Å². The van der Waals surface area contributed by atoms with E-state index in [0.29, 0.717) is 10.6 Å². The fourth-order valence-corrected chi connectivity index (χ4v) is 5.15. The van der Waals surface area contributed by atoms with E-state index in [9.17, 15) is 10.1 Å². The molecule has 6 nitrogen and oxygen atoms in total. The maximum atomic E-state index is 12.8. The SMILES string of the molecule is COc1ccc(-c2cc(-c3cccs3)nc(SCC(=O)N3CCN(C)CC3)c2C#N)cc1. The molecule has 1 aliphatic heterocycles. The minimum Gasteiger partial charge on any atom is -0.497 e. The van der Waals surface area contributed by atoms with Crippen molar-refractivity contribution in [2.75, 3.05) is 46.1 Å². The number of hydrogen-bond acceptors (Lipinski definition) is 7. The molecule has 32 heavy (non-hydrogen) atoms. The Balaban J connectivity index is 1.66. The molecule has 2 aromatic heterocycles. The fraction of sp³-hybridized carbons (Fsp3) is 0.292. The van der Waals surface area contributed by atoms with Crippen LogP contribution in [0.3, 0.4) is 0 Å². The van der Waals surface area contributed by atoms with Crippen LogP contribution < -0.4 is 4.74 Å². The Morgan fingerprint density at radius 3 is 2.59 bits per heavy atom. The summed E-state index contributed by atoms with van der Waals surface area (Å²) in [6, 6.07) is 15.9. The van der Waals surface area contributed by atoms with Crippen LogP contribution in [0, 0.1) is 11.3 Å². The predicted octanol–water partition coefficient (Wildman–Crippen LogP) is 4.22. The monoisotopic (exact) mass is 464 g/mol. The molecule has 0 bridgehead atoms. The summed E-state index contributed by atoms with van der Waals surface area (Å²) in [7, 11) is 3.69. The van der Waals surface area contributed by atoms with Gasteiger partial charge in [-0.1, -0.05) is 30.0 Å². The van der Waals surface area contributed by atoms with Crippen molar-refractivity contribution in [3.63, 3.8) is 0 Å². The number of carbonyl (C=O) groups is 1. The molecule has 1 fully saturated rings. The van der Waals surface area contributed by atoms with Crippen molar-refractivity contribution in [2.45, 2.75) is 5.03 Å². The molecule has 1 aromatic carbocycles. The number of rotatable bonds is 6. The van der Waals surface area contributed by atoms with Gasteiger partial charge in [0, 0.05) is 31.7 Å². The molecule has 4 rings (SSSR count). The summed E-state index contributed by atoms with van der Waals surface area (Å²) in [6.45, 7) is 3.24. The number of methoxy groups -OCH3 is 1. The van der Waals surface area contributed by atoms with Crippen LogP contribution in [-0.2, 0) is 4.79 Å². The first kappa shape index (κ1) is 22.3. The molecule has 164 valence electrons. The van der Waals surface area contributed by atoms with Crippen molar-refractivity contribution in [3.8, 4) is 33.5 Å². The van der Waals surface area contributed by atoms with Gasteiger partial charge in [0.05, 0.1) is 29.0 Å². The molecule has 1 amide bonds. The molecule has 3 heterocycles. The number of piperazine rings is 1. The number of thiophene rings is 1. The molecular weight excluding hydrogens is 440 g/mol. The summed E-state index contributed by atoms with van der Waals surface area (Å²) in [5, 5.41) is 12.6. The molecular formula is C24H24N4O2S2. The lowest BCUT2D eigenvalue weighted by Crippen LogP contribution is -2.47. The maximum absolute atomic E-state index is 12.8. The number of thioether (sulfide) groups is 1. The summed E-state index contributed by atoms with van der Waals surface area (Å²) in [5.74, 6) is 1.11. The van der Waals surface area contributed by atoms with Crippen LogP contribution >= 0.6 is 23.1 Å². The van der Waals surface area contributed by atoms with Crippen LogP contribution in [0.15, 0.2) is 52.9 Å². The van der Waals surface area contributed by atoms with Gasteiger partial charge in [-0.2, -0.15) is 5.26 Å². The van der Waals surface area contributed by atoms with Gasteiger partial charge in [-0.05, 0) is 42.3 Å². The Kier molecular flexibility index (Phi) is 7.10. The van der Waals surface area contributed by atoms with Crippen molar-refractivity contribution in [2.24, 2.45) is 0 Å². The second kappa shape index (κ2) is 10.2. The number of nitrogens with zero attached hydrogens (tertiary/aromatic N) is 4. The van der Waals surface area contributed by atoms with Crippen molar-refractivity contribution in [1.29, 1.82) is 5.26 Å². The zero-order chi connectivity index (χ0) is 22.5. The minimum absolute atomic E-state index is 0.0845. The first-order chi connectivity index (χ1) is 15.6. The van der Waals surface area contributed by atoms with Crippen molar-refractivity contribution in [1.82, 2.24) is 14.8 Å². The Labute approximate surface area is 196 Å². The third kappa shape index (κ3) is 4.96. The van der Waals surface area contributed by atoms with E-state index in [2.05, 4.69) is 18.0 Å². The number of pyridine rings is 1. The normalized spacial score (nSPS) is 14.2. The van der Waals surface area contributed by atoms with E-state index in [-0.39, 0.29) is 11.7 Å². The van der Waals surface area contributed by atoms with E-state index in [1.165, 1.54) is 11.8 Å². The lowest BCUT2D eigenvalue weighted by molar-refractivity contribution is -0.129. The smallest absolute Gasteiger partial charge is 0.233 e. The average Bonchev–Trinajstić information content (AvgIpc) is 3.37. The first-order valence-corrected chi connectivity index (χ1v) is 12.2. The Morgan fingerprint density at radius 1 is 1.22 bits per heavy atom. The van der Waals surface area contributed by atoms with E-state index in [4.69, 9.17) is 9.72 Å². The van der Waals surface area contributed by atoms with Crippen LogP contribution in [-0.4, -0.2) is 66.8 Å². The van der Waals surface area contributed by atoms with Crippen LogP contribution in [0.4, 0.5) is 0 Å². The van der Waals surface area contributed by atoms with E-state index in [0.717, 1.165) is 53.6 Å². The third-order valence-electron chi connectivity index (χ3n) is 5.46. The van der Waals surface area contributed by atoms with Crippen LogP contribution in [0.25, 0.3) is 21.7 Å². The van der Waals surface area contributed by atoms with Crippen LogP contribution in [0.5, 0.6) is 5.75 Å². The van der Waals surface area contributed by atoms with Gasteiger partial charge in [-0.25, -0.2) is 4.98 Å². The van der Waals surface area contributed by atoms with Crippen molar-refractivity contribution >= 4 is 29.0 Å². The standard InChI is InChI=1S/C24H24N4O2S2/c1-27-9-11-28(12-10-27)23(29)16-32-24-20(15-25)19(17-5-7-18(30-2)8-6-17)14-21(26-24)22-4-3-13-31-22/h3-8,13-14H,9-12,16H2,1-2H3. The van der Waals surface area contributed by atoms with Gasteiger partial charge in [0.15, 0.2) is 0 Å². The number of amides is 1. The second-order valence-electron chi connectivity index (χ2n) is 7.53. The van der Waals surface area contributed by atoms with Gasteiger partial charge in [-0.3, -0.25) is 4.79 Å². The number of nitriles is 1. The highest BCUT2D eigenvalue weighted by Crippen LogP contribution is 2.36. The molecule has 0 unspecified atom stereocenters. The lowest BCUT2D eigenvalue weighted by atomic mass is 10.0. The van der Waals surface area contributed by atoms with Gasteiger partial charge in [0.1, 0.15) is 16.8 Å². The molecule has 0 saturated carbocycles. The molecule has 1 saturated heterocycles.